The van der Waals surface area contributed by atoms with Crippen molar-refractivity contribution in [3.8, 4) is 0 Å². The maximum absolute atomic E-state index is 10.4. The molecule has 0 aromatic rings. The summed E-state index contributed by atoms with van der Waals surface area (Å²) in [6.07, 6.45) is -0.370. The van der Waals surface area contributed by atoms with Gasteiger partial charge in [0, 0.05) is 0 Å². The molecule has 1 rings (SSSR count). The van der Waals surface area contributed by atoms with Crippen LogP contribution in [0.5, 0.6) is 0 Å². The molecule has 0 saturated carbocycles. The summed E-state index contributed by atoms with van der Waals surface area (Å²) in [6, 6.07) is 0. The van der Waals surface area contributed by atoms with Crippen molar-refractivity contribution < 1.29 is 14.1 Å². The molecule has 1 aliphatic rings. The van der Waals surface area contributed by atoms with Crippen LogP contribution in [0.25, 0.3) is 0 Å². The van der Waals surface area contributed by atoms with Crippen LogP contribution in [0.1, 0.15) is 6.92 Å². The molecular weight excluding hydrogens is 107 g/mol. The first-order valence-corrected chi connectivity index (χ1v) is 2.56. The van der Waals surface area contributed by atoms with E-state index in [1.54, 1.807) is 13.7 Å². The van der Waals surface area contributed by atoms with Crippen molar-refractivity contribution in [2.75, 3.05) is 0 Å². The highest BCUT2D eigenvalue weighted by Crippen LogP contribution is 2.07. The number of rotatable bonds is 0. The molecule has 0 aromatic carbocycles. The topological polar surface area (TPSA) is 35.5 Å². The van der Waals surface area contributed by atoms with Gasteiger partial charge >= 0.3 is 13.1 Å². The zero-order chi connectivity index (χ0) is 6.15. The van der Waals surface area contributed by atoms with E-state index in [0.29, 0.717) is 0 Å². The van der Waals surface area contributed by atoms with Gasteiger partial charge in [0.1, 0.15) is 6.10 Å². The minimum absolute atomic E-state index is 0.266. The highest BCUT2D eigenvalue weighted by molar-refractivity contribution is 6.47. The zero-order valence-corrected chi connectivity index (χ0v) is 4.88. The Bertz CT molecular complexity index is 114. The molecule has 0 spiro atoms. The van der Waals surface area contributed by atoms with Crippen LogP contribution in [0.3, 0.4) is 0 Å². The molecule has 0 amide bonds. The van der Waals surface area contributed by atoms with Crippen LogP contribution in [0, 0.1) is 0 Å². The van der Waals surface area contributed by atoms with E-state index in [1.165, 1.54) is 0 Å². The quantitative estimate of drug-likeness (QED) is 0.418. The van der Waals surface area contributed by atoms with Gasteiger partial charge in [-0.2, -0.15) is 0 Å². The second-order valence-electron chi connectivity index (χ2n) is 1.78. The molecule has 1 saturated heterocycles. The molecule has 3 nitrogen and oxygen atoms in total. The maximum atomic E-state index is 10.4. The highest BCUT2D eigenvalue weighted by atomic mass is 16.7. The third kappa shape index (κ3) is 0.840. The monoisotopic (exact) mass is 114 g/mol. The van der Waals surface area contributed by atoms with Gasteiger partial charge < -0.3 is 9.31 Å². The fraction of sp³-hybridized carbons (Fsp3) is 0.750. The van der Waals surface area contributed by atoms with Crippen molar-refractivity contribution in [1.82, 2.24) is 0 Å². The first-order valence-electron chi connectivity index (χ1n) is 2.56. The summed E-state index contributed by atoms with van der Waals surface area (Å²) in [7, 11) is -0.350. The van der Waals surface area contributed by atoms with E-state index in [2.05, 4.69) is 4.65 Å². The third-order valence-corrected chi connectivity index (χ3v) is 1.01. The summed E-state index contributed by atoms with van der Waals surface area (Å²) in [5, 5.41) is 0. The molecule has 1 atom stereocenters. The average molecular weight is 114 g/mol. The molecule has 0 bridgehead atoms. The van der Waals surface area contributed by atoms with Crippen LogP contribution in [0.15, 0.2) is 0 Å². The van der Waals surface area contributed by atoms with Gasteiger partial charge in [-0.3, -0.25) is 4.79 Å². The summed E-state index contributed by atoms with van der Waals surface area (Å²) in [5.74, 6) is -0.266. The van der Waals surface area contributed by atoms with Crippen LogP contribution < -0.4 is 0 Å². The first kappa shape index (κ1) is 5.63. The average Bonchev–Trinajstić information content (AvgIpc) is 1.85. The van der Waals surface area contributed by atoms with Gasteiger partial charge in [-0.05, 0) is 13.7 Å². The molecule has 0 aliphatic carbocycles. The van der Waals surface area contributed by atoms with Crippen LogP contribution in [-0.2, 0) is 14.1 Å². The molecule has 0 N–H and O–H groups in total. The number of hydrogen-bond acceptors (Lipinski definition) is 3. The molecule has 1 fully saturated rings. The zero-order valence-electron chi connectivity index (χ0n) is 4.88. The largest absolute Gasteiger partial charge is 0.524 e. The molecule has 0 radical (unpaired) electrons. The highest BCUT2D eigenvalue weighted by Gasteiger charge is 2.32. The molecule has 44 valence electrons. The Kier molecular flexibility index (Phi) is 1.25. The Balaban J connectivity index is 2.51. The lowest BCUT2D eigenvalue weighted by Gasteiger charge is -1.91. The maximum Gasteiger partial charge on any atom is 0.524 e. The fourth-order valence-corrected chi connectivity index (χ4v) is 0.630. The molecule has 4 heteroatoms. The predicted octanol–water partition coefficient (Wildman–Crippen LogP) is 0.0663. The summed E-state index contributed by atoms with van der Waals surface area (Å²) in [6.45, 7) is 3.37. The number of hydrogen-bond donors (Lipinski definition) is 0. The van der Waals surface area contributed by atoms with Gasteiger partial charge in [0.15, 0.2) is 0 Å². The van der Waals surface area contributed by atoms with Crippen LogP contribution >= 0.6 is 0 Å². The molecule has 0 aromatic heterocycles. The van der Waals surface area contributed by atoms with Gasteiger partial charge in [-0.1, -0.05) is 0 Å². The Labute approximate surface area is 48.1 Å². The Morgan fingerprint density at radius 1 is 1.75 bits per heavy atom. The van der Waals surface area contributed by atoms with E-state index in [9.17, 15) is 4.79 Å². The molecule has 1 heterocycles. The first-order chi connectivity index (χ1) is 3.70. The summed E-state index contributed by atoms with van der Waals surface area (Å²) >= 11 is 0. The lowest BCUT2D eigenvalue weighted by molar-refractivity contribution is -0.135. The van der Waals surface area contributed by atoms with E-state index in [4.69, 9.17) is 4.65 Å². The summed E-state index contributed by atoms with van der Waals surface area (Å²) in [5.41, 5.74) is 0. The van der Waals surface area contributed by atoms with E-state index >= 15 is 0 Å². The Hall–Kier alpha value is -0.505. The summed E-state index contributed by atoms with van der Waals surface area (Å²) < 4.78 is 9.51. The van der Waals surface area contributed by atoms with Crippen molar-refractivity contribution in [1.29, 1.82) is 0 Å². The van der Waals surface area contributed by atoms with Gasteiger partial charge in [0.25, 0.3) is 0 Å². The van der Waals surface area contributed by atoms with E-state index in [-0.39, 0.29) is 19.2 Å². The SMILES string of the molecule is CB1OC(=O)C(C)O1. The fourth-order valence-electron chi connectivity index (χ4n) is 0.630. The van der Waals surface area contributed by atoms with Crippen LogP contribution in [-0.4, -0.2) is 19.2 Å². The van der Waals surface area contributed by atoms with E-state index < -0.39 is 0 Å². The van der Waals surface area contributed by atoms with Crippen molar-refractivity contribution in [3.05, 3.63) is 0 Å². The lowest BCUT2D eigenvalue weighted by atomic mass is 9.97. The van der Waals surface area contributed by atoms with Crippen molar-refractivity contribution >= 4 is 13.1 Å². The van der Waals surface area contributed by atoms with E-state index in [1.807, 2.05) is 0 Å². The lowest BCUT2D eigenvalue weighted by Crippen LogP contribution is -2.09. The second-order valence-corrected chi connectivity index (χ2v) is 1.78. The van der Waals surface area contributed by atoms with Crippen molar-refractivity contribution in [2.45, 2.75) is 19.9 Å². The smallest absolute Gasteiger partial charge is 0.508 e. The van der Waals surface area contributed by atoms with Crippen molar-refractivity contribution in [3.63, 3.8) is 0 Å². The van der Waals surface area contributed by atoms with E-state index in [0.717, 1.165) is 0 Å². The van der Waals surface area contributed by atoms with Gasteiger partial charge in [0.05, 0.1) is 0 Å². The van der Waals surface area contributed by atoms with Gasteiger partial charge in [0.2, 0.25) is 0 Å². The Morgan fingerprint density at radius 2 is 2.38 bits per heavy atom. The molecule has 1 unspecified atom stereocenters. The normalized spacial score (nSPS) is 28.5. The number of carbonyl (C=O) groups is 1. The third-order valence-electron chi connectivity index (χ3n) is 1.01. The van der Waals surface area contributed by atoms with Crippen molar-refractivity contribution in [2.24, 2.45) is 0 Å². The minimum atomic E-state index is -0.370. The standard InChI is InChI=1S/C4H7BO3/c1-3-4(6)8-5(2)7-3/h3H,1-2H3. The minimum Gasteiger partial charge on any atom is -0.508 e. The second kappa shape index (κ2) is 1.78. The van der Waals surface area contributed by atoms with Gasteiger partial charge in [-0.25, -0.2) is 0 Å². The van der Waals surface area contributed by atoms with Crippen LogP contribution in [0.4, 0.5) is 0 Å². The molecular formula is C4H7BO3. The number of carbonyl (C=O) groups excluding carboxylic acids is 1. The Morgan fingerprint density at radius 3 is 2.50 bits per heavy atom. The molecule has 8 heavy (non-hydrogen) atoms. The van der Waals surface area contributed by atoms with Crippen LogP contribution in [0.2, 0.25) is 6.82 Å². The summed E-state index contributed by atoms with van der Waals surface area (Å²) in [4.78, 5) is 10.4. The molecule has 1 aliphatic heterocycles. The predicted molar refractivity (Wildman–Crippen MR) is 28.3 cm³/mol. The van der Waals surface area contributed by atoms with Gasteiger partial charge in [-0.15, -0.1) is 0 Å².